The molecule has 0 bridgehead atoms. The van der Waals surface area contributed by atoms with E-state index in [1.165, 1.54) is 4.90 Å². The summed E-state index contributed by atoms with van der Waals surface area (Å²) in [5.41, 5.74) is 2.56. The van der Waals surface area contributed by atoms with Gasteiger partial charge in [-0.1, -0.05) is 88.9 Å². The molecule has 1 N–H and O–H groups in total. The molecule has 0 aromatic heterocycles. The summed E-state index contributed by atoms with van der Waals surface area (Å²) in [4.78, 5) is 40.6. The Kier molecular flexibility index (Phi) is 8.95. The molecule has 0 aliphatic carbocycles. The summed E-state index contributed by atoms with van der Waals surface area (Å²) >= 11 is 24.4. The third-order valence-electron chi connectivity index (χ3n) is 6.07. The van der Waals surface area contributed by atoms with Crippen LogP contribution in [0.1, 0.15) is 16.7 Å². The Morgan fingerprint density at radius 3 is 1.74 bits per heavy atom. The summed E-state index contributed by atoms with van der Waals surface area (Å²) in [5, 5.41) is 11.3. The number of rotatable bonds is 6. The first-order valence-electron chi connectivity index (χ1n) is 11.5. The van der Waals surface area contributed by atoms with Gasteiger partial charge in [0.05, 0.1) is 20.1 Å². The first-order chi connectivity index (χ1) is 18.1. The predicted molar refractivity (Wildman–Crippen MR) is 152 cm³/mol. The van der Waals surface area contributed by atoms with Crippen LogP contribution in [0.3, 0.4) is 0 Å². The van der Waals surface area contributed by atoms with Crippen molar-refractivity contribution in [3.8, 4) is 0 Å². The van der Waals surface area contributed by atoms with E-state index in [1.807, 2.05) is 6.07 Å². The normalized spacial score (nSPS) is 16.6. The topological polar surface area (TPSA) is 74.7 Å². The molecule has 0 spiro atoms. The Morgan fingerprint density at radius 2 is 1.29 bits per heavy atom. The van der Waals surface area contributed by atoms with Gasteiger partial charge in [-0.2, -0.15) is 0 Å². The Balaban J connectivity index is 1.73. The van der Waals surface area contributed by atoms with Gasteiger partial charge in [0.1, 0.15) is 5.92 Å². The number of Topliss-reactive ketones (excluding diaryl/α,β-unsaturated/α-hetero) is 1. The van der Waals surface area contributed by atoms with Gasteiger partial charge >= 0.3 is 5.97 Å². The van der Waals surface area contributed by atoms with E-state index in [2.05, 4.69) is 0 Å². The largest absolute Gasteiger partial charge is 0.481 e. The number of nitrogens with zero attached hydrogens (tertiary/aromatic N) is 1. The third-order valence-corrected chi connectivity index (χ3v) is 7.54. The van der Waals surface area contributed by atoms with Crippen LogP contribution in [-0.4, -0.2) is 40.8 Å². The van der Waals surface area contributed by atoms with Crippen LogP contribution in [0.2, 0.25) is 20.1 Å². The number of amides is 1. The summed E-state index contributed by atoms with van der Waals surface area (Å²) in [7, 11) is 0. The first kappa shape index (κ1) is 27.9. The smallest absolute Gasteiger partial charge is 0.316 e. The molecule has 9 heteroatoms. The third kappa shape index (κ3) is 6.66. The van der Waals surface area contributed by atoms with Crippen LogP contribution in [0.4, 0.5) is 0 Å². The molecule has 3 aromatic rings. The number of benzene rings is 3. The maximum Gasteiger partial charge on any atom is 0.316 e. The van der Waals surface area contributed by atoms with E-state index >= 15 is 0 Å². The molecule has 194 valence electrons. The fourth-order valence-electron chi connectivity index (χ4n) is 4.15. The van der Waals surface area contributed by atoms with Crippen molar-refractivity contribution in [3.63, 3.8) is 0 Å². The summed E-state index contributed by atoms with van der Waals surface area (Å²) in [6, 6.07) is 18.8. The monoisotopic (exact) mass is 587 g/mol. The molecule has 1 unspecified atom stereocenters. The highest BCUT2D eigenvalue weighted by Crippen LogP contribution is 2.29. The van der Waals surface area contributed by atoms with Gasteiger partial charge in [0.15, 0.2) is 5.78 Å². The minimum atomic E-state index is -1.32. The van der Waals surface area contributed by atoms with Crippen molar-refractivity contribution in [1.29, 1.82) is 0 Å². The van der Waals surface area contributed by atoms with E-state index in [0.29, 0.717) is 42.4 Å². The van der Waals surface area contributed by atoms with Crippen molar-refractivity contribution >= 4 is 76.2 Å². The fourth-order valence-corrected chi connectivity index (χ4v) is 4.77. The molecule has 1 aliphatic heterocycles. The molecule has 1 saturated heterocycles. The molecule has 0 saturated carbocycles. The molecule has 5 nitrogen and oxygen atoms in total. The number of hydrogen-bond donors (Lipinski definition) is 1. The lowest BCUT2D eigenvalue weighted by atomic mass is 9.92. The number of likely N-dealkylation sites (tertiary alicyclic amines) is 1. The fraction of sp³-hybridized carbons (Fsp3) is 0.138. The van der Waals surface area contributed by atoms with Crippen molar-refractivity contribution < 1.29 is 19.5 Å². The minimum absolute atomic E-state index is 0.0249. The second kappa shape index (κ2) is 12.2. The molecular formula is C29H21Cl4NO4. The van der Waals surface area contributed by atoms with Gasteiger partial charge in [0.2, 0.25) is 5.91 Å². The molecular weight excluding hydrogens is 568 g/mol. The van der Waals surface area contributed by atoms with E-state index in [-0.39, 0.29) is 25.3 Å². The van der Waals surface area contributed by atoms with Crippen LogP contribution in [0, 0.1) is 5.92 Å². The number of carboxylic acid groups (broad SMARTS) is 1. The second-order valence-corrected chi connectivity index (χ2v) is 10.4. The lowest BCUT2D eigenvalue weighted by molar-refractivity contribution is -0.150. The Hall–Kier alpha value is -3.09. The SMILES string of the molecule is O=C1/C(=C/c2ccc(Cl)c(Cl)c2)CN(C(=O)C(Cc2ccccc2)C(=O)O)C/C1=C\c1ccc(Cl)c(Cl)c1. The van der Waals surface area contributed by atoms with Crippen LogP contribution >= 0.6 is 46.4 Å². The van der Waals surface area contributed by atoms with Crippen molar-refractivity contribution in [3.05, 3.63) is 115 Å². The van der Waals surface area contributed by atoms with Crippen molar-refractivity contribution in [2.75, 3.05) is 13.1 Å². The molecule has 38 heavy (non-hydrogen) atoms. The van der Waals surface area contributed by atoms with E-state index < -0.39 is 17.8 Å². The molecule has 1 heterocycles. The average Bonchev–Trinajstić information content (AvgIpc) is 2.89. The quantitative estimate of drug-likeness (QED) is 0.246. The second-order valence-electron chi connectivity index (χ2n) is 8.79. The standard InChI is InChI=1S/C29H21Cl4NO4/c30-23-8-6-18(13-25(23)32)10-20-15-34(28(36)22(29(37)38)12-17-4-2-1-3-5-17)16-21(27(20)35)11-19-7-9-24(31)26(33)14-19/h1-11,13-14,22H,12,15-16H2,(H,37,38)/b20-10+,21-11+. The van der Waals surface area contributed by atoms with E-state index in [1.54, 1.807) is 72.8 Å². The van der Waals surface area contributed by atoms with Crippen molar-refractivity contribution in [2.24, 2.45) is 5.92 Å². The number of halogens is 4. The van der Waals surface area contributed by atoms with Gasteiger partial charge in [-0.3, -0.25) is 14.4 Å². The highest BCUT2D eigenvalue weighted by molar-refractivity contribution is 6.42. The zero-order valence-electron chi connectivity index (χ0n) is 19.8. The molecule has 1 atom stereocenters. The Labute approximate surface area is 239 Å². The minimum Gasteiger partial charge on any atom is -0.481 e. The first-order valence-corrected chi connectivity index (χ1v) is 13.0. The molecule has 4 rings (SSSR count). The zero-order chi connectivity index (χ0) is 27.4. The highest BCUT2D eigenvalue weighted by atomic mass is 35.5. The van der Waals surface area contributed by atoms with Crippen molar-refractivity contribution in [2.45, 2.75) is 6.42 Å². The molecule has 1 fully saturated rings. The number of carboxylic acids is 1. The average molecular weight is 589 g/mol. The van der Waals surface area contributed by atoms with Gasteiger partial charge < -0.3 is 10.0 Å². The maximum atomic E-state index is 13.5. The number of carbonyl (C=O) groups is 3. The number of ketones is 1. The lowest BCUT2D eigenvalue weighted by Gasteiger charge is -2.32. The molecule has 1 amide bonds. The highest BCUT2D eigenvalue weighted by Gasteiger charge is 2.36. The van der Waals surface area contributed by atoms with E-state index in [9.17, 15) is 19.5 Å². The molecule has 1 aliphatic rings. The van der Waals surface area contributed by atoms with Gasteiger partial charge in [0, 0.05) is 24.2 Å². The summed E-state index contributed by atoms with van der Waals surface area (Å²) in [6.45, 7) is -0.121. The Bertz CT molecular complexity index is 1390. The zero-order valence-corrected chi connectivity index (χ0v) is 22.9. The van der Waals surface area contributed by atoms with E-state index in [0.717, 1.165) is 5.56 Å². The van der Waals surface area contributed by atoms with Crippen molar-refractivity contribution in [1.82, 2.24) is 4.90 Å². The van der Waals surface area contributed by atoms with Crippen LogP contribution in [-0.2, 0) is 20.8 Å². The lowest BCUT2D eigenvalue weighted by Crippen LogP contribution is -2.46. The molecule has 3 aromatic carbocycles. The van der Waals surface area contributed by atoms with Crippen LogP contribution in [0.25, 0.3) is 12.2 Å². The van der Waals surface area contributed by atoms with Crippen LogP contribution < -0.4 is 0 Å². The number of piperidine rings is 1. The van der Waals surface area contributed by atoms with Gasteiger partial charge in [-0.25, -0.2) is 0 Å². The maximum absolute atomic E-state index is 13.5. The number of aliphatic carboxylic acids is 1. The van der Waals surface area contributed by atoms with E-state index in [4.69, 9.17) is 46.4 Å². The summed E-state index contributed by atoms with van der Waals surface area (Å²) in [5.74, 6) is -3.42. The number of hydrogen-bond acceptors (Lipinski definition) is 3. The Morgan fingerprint density at radius 1 is 0.789 bits per heavy atom. The van der Waals surface area contributed by atoms with Crippen LogP contribution in [0.15, 0.2) is 77.9 Å². The number of carbonyl (C=O) groups excluding carboxylic acids is 2. The molecule has 0 radical (unpaired) electrons. The van der Waals surface area contributed by atoms with Gasteiger partial charge in [-0.15, -0.1) is 0 Å². The van der Waals surface area contributed by atoms with Crippen LogP contribution in [0.5, 0.6) is 0 Å². The summed E-state index contributed by atoms with van der Waals surface area (Å²) < 4.78 is 0. The predicted octanol–water partition coefficient (Wildman–Crippen LogP) is 7.12. The summed E-state index contributed by atoms with van der Waals surface area (Å²) in [6.07, 6.45) is 3.27. The van der Waals surface area contributed by atoms with Gasteiger partial charge in [0.25, 0.3) is 0 Å². The van der Waals surface area contributed by atoms with Gasteiger partial charge in [-0.05, 0) is 59.5 Å².